The van der Waals surface area contributed by atoms with E-state index in [1.165, 1.54) is 12.1 Å². The molecule has 2 saturated carbocycles. The number of allylic oxidation sites excluding steroid dienone is 1. The van der Waals surface area contributed by atoms with Crippen LogP contribution >= 0.6 is 0 Å². The maximum Gasteiger partial charge on any atom is 0.407 e. The van der Waals surface area contributed by atoms with E-state index in [1.807, 2.05) is 25.1 Å². The Labute approximate surface area is 217 Å². The lowest BCUT2D eigenvalue weighted by Crippen LogP contribution is -2.45. The fraction of sp³-hybridized carbons (Fsp3) is 0.500. The number of halogens is 1. The van der Waals surface area contributed by atoms with Crippen LogP contribution in [0.2, 0.25) is 0 Å². The van der Waals surface area contributed by atoms with Crippen molar-refractivity contribution in [1.29, 1.82) is 0 Å². The average molecular weight is 507 g/mol. The van der Waals surface area contributed by atoms with E-state index in [0.29, 0.717) is 30.9 Å². The Balaban J connectivity index is 1.31. The molecule has 0 spiro atoms. The number of amides is 1. The van der Waals surface area contributed by atoms with E-state index in [9.17, 15) is 14.0 Å². The van der Waals surface area contributed by atoms with E-state index in [4.69, 9.17) is 9.47 Å². The molecule has 1 aromatic carbocycles. The van der Waals surface area contributed by atoms with E-state index in [-0.39, 0.29) is 41.7 Å². The second-order valence-corrected chi connectivity index (χ2v) is 10.7. The zero-order valence-corrected chi connectivity index (χ0v) is 21.4. The van der Waals surface area contributed by atoms with Gasteiger partial charge in [-0.05, 0) is 93.0 Å². The predicted octanol–water partition coefficient (Wildman–Crippen LogP) is 5.88. The maximum absolute atomic E-state index is 13.6. The summed E-state index contributed by atoms with van der Waals surface area (Å²) in [6, 6.07) is 10.4. The number of fused-ring (bicyclic) bond motifs is 2. The largest absolute Gasteiger partial charge is 0.462 e. The van der Waals surface area contributed by atoms with Crippen LogP contribution in [0.3, 0.4) is 0 Å². The zero-order valence-electron chi connectivity index (χ0n) is 21.4. The molecule has 0 bridgehead atoms. The molecule has 1 aliphatic heterocycles. The fourth-order valence-electron chi connectivity index (χ4n) is 6.86. The molecule has 1 saturated heterocycles. The minimum Gasteiger partial charge on any atom is -0.462 e. The van der Waals surface area contributed by atoms with Gasteiger partial charge in [-0.2, -0.15) is 0 Å². The summed E-state index contributed by atoms with van der Waals surface area (Å²) in [5.41, 5.74) is 2.50. The summed E-state index contributed by atoms with van der Waals surface area (Å²) >= 11 is 0. The van der Waals surface area contributed by atoms with E-state index in [0.717, 1.165) is 42.5 Å². The number of pyridine rings is 1. The van der Waals surface area contributed by atoms with Gasteiger partial charge in [0.15, 0.2) is 0 Å². The van der Waals surface area contributed by atoms with Gasteiger partial charge in [0.05, 0.1) is 18.2 Å². The molecule has 5 rings (SSSR count). The molecule has 3 fully saturated rings. The molecule has 6 nitrogen and oxygen atoms in total. The van der Waals surface area contributed by atoms with Crippen molar-refractivity contribution >= 4 is 18.1 Å². The van der Waals surface area contributed by atoms with Crippen LogP contribution in [0.4, 0.5) is 9.18 Å². The van der Waals surface area contributed by atoms with Gasteiger partial charge in [-0.15, -0.1) is 0 Å². The third kappa shape index (κ3) is 5.55. The first-order chi connectivity index (χ1) is 17.9. The number of cyclic esters (lactones) is 1. The topological polar surface area (TPSA) is 77.5 Å². The number of hydrogen-bond acceptors (Lipinski definition) is 5. The molecule has 2 heterocycles. The summed E-state index contributed by atoms with van der Waals surface area (Å²) in [4.78, 5) is 29.1. The molecule has 1 N–H and O–H groups in total. The molecule has 2 aliphatic carbocycles. The molecule has 2 aromatic rings. The normalized spacial score (nSPS) is 30.9. The fourth-order valence-corrected chi connectivity index (χ4v) is 6.86. The summed E-state index contributed by atoms with van der Waals surface area (Å²) in [5, 5.41) is 2.89. The zero-order chi connectivity index (χ0) is 25.9. The van der Waals surface area contributed by atoms with Gasteiger partial charge in [-0.1, -0.05) is 24.3 Å². The van der Waals surface area contributed by atoms with Crippen LogP contribution in [-0.2, 0) is 14.3 Å². The van der Waals surface area contributed by atoms with Crippen LogP contribution in [0.25, 0.3) is 17.2 Å². The molecule has 7 heteroatoms. The van der Waals surface area contributed by atoms with Crippen LogP contribution in [0.1, 0.15) is 45.2 Å². The standard InChI is InChI=1S/C30H35FN2O4/c1-3-36-30(35)33-16-19-7-11-25-22(13-19)15-27-28(18(2)37-29(27)34)26(25)12-10-24-9-8-21(17-32-24)20-5-4-6-23(31)14-20/h4-6,8-10,12,14,17-19,22,25-28H,3,7,11,13,15-16H2,1-2H3,(H,33,35)/b12-10+/t18-,19-,22+,25-,26?,27-,28+/m1/s1. The molecule has 1 unspecified atom stereocenters. The Morgan fingerprint density at radius 3 is 2.84 bits per heavy atom. The molecular formula is C30H35FN2O4. The minimum absolute atomic E-state index is 0.0707. The maximum atomic E-state index is 13.6. The van der Waals surface area contributed by atoms with Crippen LogP contribution in [0.5, 0.6) is 0 Å². The average Bonchev–Trinajstić information content (AvgIpc) is 3.18. The van der Waals surface area contributed by atoms with Crippen LogP contribution in [0.15, 0.2) is 48.7 Å². The van der Waals surface area contributed by atoms with E-state index >= 15 is 0 Å². The summed E-state index contributed by atoms with van der Waals surface area (Å²) in [5.74, 6) is 1.26. The number of rotatable bonds is 6. The molecule has 37 heavy (non-hydrogen) atoms. The van der Waals surface area contributed by atoms with Gasteiger partial charge >= 0.3 is 12.1 Å². The van der Waals surface area contributed by atoms with Gasteiger partial charge in [0.25, 0.3) is 0 Å². The molecule has 1 amide bonds. The number of carbonyl (C=O) groups excluding carboxylic acids is 2. The van der Waals surface area contributed by atoms with Gasteiger partial charge in [0, 0.05) is 24.2 Å². The number of carbonyl (C=O) groups is 2. The number of nitrogens with zero attached hydrogens (tertiary/aromatic N) is 1. The lowest BCUT2D eigenvalue weighted by atomic mass is 9.56. The number of aromatic nitrogens is 1. The number of hydrogen-bond donors (Lipinski definition) is 1. The Kier molecular flexibility index (Phi) is 7.58. The lowest BCUT2D eigenvalue weighted by molar-refractivity contribution is -0.144. The molecular weight excluding hydrogens is 471 g/mol. The first-order valence-electron chi connectivity index (χ1n) is 13.4. The number of ether oxygens (including phenoxy) is 2. The van der Waals surface area contributed by atoms with Crippen molar-refractivity contribution in [3.8, 4) is 11.1 Å². The SMILES string of the molecule is CCOC(=O)NC[C@@H]1CC[C@H]2C(/C=C/c3ccc(-c4cccc(F)c4)cn3)[C@@H]3[C@@H](C)OC(=O)[C@@H]3C[C@@H]2C1. The smallest absolute Gasteiger partial charge is 0.407 e. The second kappa shape index (κ2) is 11.0. The predicted molar refractivity (Wildman–Crippen MR) is 139 cm³/mol. The number of esters is 1. The molecule has 3 aliphatic rings. The van der Waals surface area contributed by atoms with Gasteiger partial charge in [-0.25, -0.2) is 9.18 Å². The van der Waals surface area contributed by atoms with Gasteiger partial charge in [0.2, 0.25) is 0 Å². The first-order valence-corrected chi connectivity index (χ1v) is 13.4. The van der Waals surface area contributed by atoms with Crippen molar-refractivity contribution in [2.45, 2.75) is 45.6 Å². The van der Waals surface area contributed by atoms with Crippen molar-refractivity contribution in [3.63, 3.8) is 0 Å². The van der Waals surface area contributed by atoms with Crippen LogP contribution in [-0.4, -0.2) is 36.3 Å². The highest BCUT2D eigenvalue weighted by Gasteiger charge is 2.54. The van der Waals surface area contributed by atoms with Crippen molar-refractivity contribution in [3.05, 3.63) is 60.2 Å². The molecule has 7 atom stereocenters. The Morgan fingerprint density at radius 2 is 2.08 bits per heavy atom. The van der Waals surface area contributed by atoms with Gasteiger partial charge in [0.1, 0.15) is 11.9 Å². The number of nitrogens with one attached hydrogen (secondary N) is 1. The van der Waals surface area contributed by atoms with E-state index < -0.39 is 0 Å². The second-order valence-electron chi connectivity index (χ2n) is 10.7. The molecule has 1 aromatic heterocycles. The van der Waals surface area contributed by atoms with Crippen LogP contribution in [0, 0.1) is 41.3 Å². The highest BCUT2D eigenvalue weighted by atomic mass is 19.1. The van der Waals surface area contributed by atoms with Crippen molar-refractivity contribution < 1.29 is 23.5 Å². The van der Waals surface area contributed by atoms with Gasteiger partial charge in [-0.3, -0.25) is 9.78 Å². The Morgan fingerprint density at radius 1 is 1.22 bits per heavy atom. The number of alkyl carbamates (subject to hydrolysis) is 1. The quantitative estimate of drug-likeness (QED) is 0.496. The highest BCUT2D eigenvalue weighted by Crippen LogP contribution is 2.54. The molecule has 0 radical (unpaired) electrons. The lowest BCUT2D eigenvalue weighted by Gasteiger charge is -2.47. The number of benzene rings is 1. The third-order valence-electron chi connectivity index (χ3n) is 8.50. The third-order valence-corrected chi connectivity index (χ3v) is 8.50. The summed E-state index contributed by atoms with van der Waals surface area (Å²) < 4.78 is 24.3. The van der Waals surface area contributed by atoms with E-state index in [2.05, 4.69) is 22.5 Å². The monoisotopic (exact) mass is 506 g/mol. The first kappa shape index (κ1) is 25.4. The molecule has 196 valence electrons. The Bertz CT molecular complexity index is 1150. The highest BCUT2D eigenvalue weighted by molar-refractivity contribution is 5.75. The van der Waals surface area contributed by atoms with Gasteiger partial charge < -0.3 is 14.8 Å². The summed E-state index contributed by atoms with van der Waals surface area (Å²) in [6.45, 7) is 4.79. The van der Waals surface area contributed by atoms with Crippen molar-refractivity contribution in [1.82, 2.24) is 10.3 Å². The van der Waals surface area contributed by atoms with Crippen LogP contribution < -0.4 is 5.32 Å². The van der Waals surface area contributed by atoms with Crippen molar-refractivity contribution in [2.24, 2.45) is 35.5 Å². The summed E-state index contributed by atoms with van der Waals surface area (Å²) in [6.07, 6.45) is 9.57. The Hall–Kier alpha value is -3.22. The summed E-state index contributed by atoms with van der Waals surface area (Å²) in [7, 11) is 0. The van der Waals surface area contributed by atoms with Crippen molar-refractivity contribution in [2.75, 3.05) is 13.2 Å². The minimum atomic E-state index is -0.363. The van der Waals surface area contributed by atoms with E-state index in [1.54, 1.807) is 19.2 Å².